The molecule has 1 aliphatic carbocycles. The van der Waals surface area contributed by atoms with Gasteiger partial charge in [-0.2, -0.15) is 10.4 Å². The molecular weight excluding hydrogens is 425 g/mol. The van der Waals surface area contributed by atoms with Crippen LogP contribution in [0, 0.1) is 30.0 Å². The van der Waals surface area contributed by atoms with E-state index < -0.39 is 11.9 Å². The minimum absolute atomic E-state index is 0.0160. The Labute approximate surface area is 190 Å². The van der Waals surface area contributed by atoms with E-state index in [0.717, 1.165) is 35.5 Å². The van der Waals surface area contributed by atoms with E-state index in [1.165, 1.54) is 0 Å². The van der Waals surface area contributed by atoms with Gasteiger partial charge in [0.2, 0.25) is 0 Å². The Bertz CT molecular complexity index is 1250. The van der Waals surface area contributed by atoms with Crippen LogP contribution >= 0.6 is 0 Å². The number of amides is 1. The molecule has 4 N–H and O–H groups in total. The fourth-order valence-corrected chi connectivity index (χ4v) is 4.19. The Morgan fingerprint density at radius 2 is 2.12 bits per heavy atom. The molecule has 0 aliphatic heterocycles. The van der Waals surface area contributed by atoms with Crippen LogP contribution in [-0.2, 0) is 7.05 Å². The Kier molecular flexibility index (Phi) is 6.05. The average Bonchev–Trinajstić information content (AvgIpc) is 3.58. The van der Waals surface area contributed by atoms with E-state index in [1.54, 1.807) is 4.68 Å². The number of aromatic nitrogens is 3. The third-order valence-electron chi connectivity index (χ3n) is 6.01. The lowest BCUT2D eigenvalue weighted by atomic mass is 10.0. The van der Waals surface area contributed by atoms with Gasteiger partial charge in [-0.1, -0.05) is 6.92 Å². The van der Waals surface area contributed by atoms with Gasteiger partial charge in [-0.3, -0.25) is 4.68 Å². The number of anilines is 3. The summed E-state index contributed by atoms with van der Waals surface area (Å²) in [6.07, 6.45) is 1.30. The smallest absolute Gasteiger partial charge is 0.404 e. The van der Waals surface area contributed by atoms with Crippen LogP contribution in [0.1, 0.15) is 37.4 Å². The molecule has 1 amide bonds. The van der Waals surface area contributed by atoms with Gasteiger partial charge in [-0.25, -0.2) is 14.2 Å². The minimum Gasteiger partial charge on any atom is -0.465 e. The van der Waals surface area contributed by atoms with E-state index in [2.05, 4.69) is 26.0 Å². The fraction of sp³-hybridized carbons (Fsp3) is 0.391. The van der Waals surface area contributed by atoms with Crippen molar-refractivity contribution in [2.75, 3.05) is 10.6 Å². The molecular formula is C23H26FN7O2. The molecule has 0 bridgehead atoms. The molecule has 10 heteroatoms. The molecule has 33 heavy (non-hydrogen) atoms. The lowest BCUT2D eigenvalue weighted by Crippen LogP contribution is -2.47. The number of aryl methyl sites for hydroxylation is 2. The highest BCUT2D eigenvalue weighted by atomic mass is 19.1. The molecule has 0 spiro atoms. The highest BCUT2D eigenvalue weighted by Gasteiger charge is 2.37. The van der Waals surface area contributed by atoms with Crippen molar-refractivity contribution >= 4 is 34.3 Å². The second kappa shape index (κ2) is 8.94. The summed E-state index contributed by atoms with van der Waals surface area (Å²) < 4.78 is 16.6. The molecule has 172 valence electrons. The monoisotopic (exact) mass is 451 g/mol. The van der Waals surface area contributed by atoms with Crippen molar-refractivity contribution in [1.29, 1.82) is 5.26 Å². The van der Waals surface area contributed by atoms with Crippen molar-refractivity contribution in [3.8, 4) is 6.07 Å². The normalized spacial score (nSPS) is 15.0. The molecule has 1 aliphatic rings. The van der Waals surface area contributed by atoms with Crippen LogP contribution in [-0.4, -0.2) is 38.0 Å². The Balaban J connectivity index is 1.65. The van der Waals surface area contributed by atoms with Crippen molar-refractivity contribution in [2.24, 2.45) is 13.0 Å². The van der Waals surface area contributed by atoms with Gasteiger partial charge >= 0.3 is 6.09 Å². The molecule has 2 heterocycles. The van der Waals surface area contributed by atoms with Crippen LogP contribution in [0.4, 0.5) is 26.5 Å². The number of hydrogen-bond donors (Lipinski definition) is 4. The van der Waals surface area contributed by atoms with Gasteiger partial charge < -0.3 is 21.1 Å². The molecule has 1 saturated carbocycles. The van der Waals surface area contributed by atoms with Crippen LogP contribution in [0.5, 0.6) is 0 Å². The van der Waals surface area contributed by atoms with Gasteiger partial charge in [0.1, 0.15) is 6.07 Å². The number of carboxylic acid groups (broad SMARTS) is 1. The summed E-state index contributed by atoms with van der Waals surface area (Å²) in [5, 5.41) is 32.8. The number of hydrogen-bond acceptors (Lipinski definition) is 6. The number of rotatable bonds is 8. The van der Waals surface area contributed by atoms with Crippen molar-refractivity contribution in [3.05, 3.63) is 41.3 Å². The van der Waals surface area contributed by atoms with Crippen molar-refractivity contribution < 1.29 is 14.3 Å². The van der Waals surface area contributed by atoms with Crippen LogP contribution in [0.2, 0.25) is 0 Å². The standard InChI is InChI=1S/C23H26FN7O2/c1-4-18(27-23(32)33)20(13-5-6-13)28-22-17(24)9-14(11-25)21(29-22)26-15-7-8-19-16(10-15)12(2)30-31(19)3/h7-10,13,18,20,27H,4-6H2,1-3H3,(H,32,33)(H2,26,28,29)/t18-,20+/m0/s1. The van der Waals surface area contributed by atoms with Crippen LogP contribution in [0.25, 0.3) is 10.9 Å². The zero-order valence-corrected chi connectivity index (χ0v) is 18.7. The van der Waals surface area contributed by atoms with E-state index in [-0.39, 0.29) is 35.2 Å². The Hall–Kier alpha value is -3.87. The summed E-state index contributed by atoms with van der Waals surface area (Å²) >= 11 is 0. The summed E-state index contributed by atoms with van der Waals surface area (Å²) in [4.78, 5) is 15.6. The highest BCUT2D eigenvalue weighted by Crippen LogP contribution is 2.37. The first kappa shape index (κ1) is 22.3. The first-order valence-corrected chi connectivity index (χ1v) is 10.9. The third-order valence-corrected chi connectivity index (χ3v) is 6.01. The molecule has 0 radical (unpaired) electrons. The maximum Gasteiger partial charge on any atom is 0.404 e. The second-order valence-corrected chi connectivity index (χ2v) is 8.36. The third kappa shape index (κ3) is 4.67. The molecule has 4 rings (SSSR count). The zero-order valence-electron chi connectivity index (χ0n) is 18.7. The summed E-state index contributed by atoms with van der Waals surface area (Å²) in [5.74, 6) is -0.230. The van der Waals surface area contributed by atoms with E-state index >= 15 is 0 Å². The van der Waals surface area contributed by atoms with Gasteiger partial charge in [-0.15, -0.1) is 0 Å². The SMILES string of the molecule is CC[C@H](NC(=O)O)[C@H](Nc1nc(Nc2ccc3c(c2)c(C)nn3C)c(C#N)cc1F)C1CC1. The number of nitriles is 1. The zero-order chi connectivity index (χ0) is 23.7. The predicted octanol–water partition coefficient (Wildman–Crippen LogP) is 4.27. The number of carbonyl (C=O) groups is 1. The first-order valence-electron chi connectivity index (χ1n) is 10.9. The number of halogens is 1. The molecule has 2 aromatic heterocycles. The number of pyridine rings is 1. The molecule has 0 unspecified atom stereocenters. The van der Waals surface area contributed by atoms with Gasteiger partial charge in [0, 0.05) is 18.1 Å². The fourth-order valence-electron chi connectivity index (χ4n) is 4.19. The summed E-state index contributed by atoms with van der Waals surface area (Å²) in [5.41, 5.74) is 2.60. The average molecular weight is 452 g/mol. The summed E-state index contributed by atoms with van der Waals surface area (Å²) in [6, 6.07) is 8.11. The van der Waals surface area contributed by atoms with E-state index in [1.807, 2.05) is 45.2 Å². The van der Waals surface area contributed by atoms with Gasteiger partial charge in [0.25, 0.3) is 0 Å². The summed E-state index contributed by atoms with van der Waals surface area (Å²) in [6.45, 7) is 3.79. The van der Waals surface area contributed by atoms with Gasteiger partial charge in [-0.05, 0) is 56.4 Å². The number of nitrogens with zero attached hydrogens (tertiary/aromatic N) is 4. The number of fused-ring (bicyclic) bond motifs is 1. The quantitative estimate of drug-likeness (QED) is 0.403. The summed E-state index contributed by atoms with van der Waals surface area (Å²) in [7, 11) is 1.87. The number of benzene rings is 1. The molecule has 1 aromatic carbocycles. The van der Waals surface area contributed by atoms with Crippen molar-refractivity contribution in [2.45, 2.75) is 45.2 Å². The van der Waals surface area contributed by atoms with Crippen molar-refractivity contribution in [1.82, 2.24) is 20.1 Å². The van der Waals surface area contributed by atoms with E-state index in [0.29, 0.717) is 12.1 Å². The molecule has 9 nitrogen and oxygen atoms in total. The lowest BCUT2D eigenvalue weighted by Gasteiger charge is -2.28. The maximum absolute atomic E-state index is 14.8. The molecule has 2 atom stereocenters. The highest BCUT2D eigenvalue weighted by molar-refractivity contribution is 5.86. The van der Waals surface area contributed by atoms with E-state index in [4.69, 9.17) is 0 Å². The van der Waals surface area contributed by atoms with Gasteiger partial charge in [0.05, 0.1) is 28.9 Å². The topological polar surface area (TPSA) is 128 Å². The van der Waals surface area contributed by atoms with Crippen molar-refractivity contribution in [3.63, 3.8) is 0 Å². The number of nitrogens with one attached hydrogen (secondary N) is 3. The largest absolute Gasteiger partial charge is 0.465 e. The lowest BCUT2D eigenvalue weighted by molar-refractivity contribution is 0.187. The predicted molar refractivity (Wildman–Crippen MR) is 123 cm³/mol. The van der Waals surface area contributed by atoms with Gasteiger partial charge in [0.15, 0.2) is 17.5 Å². The van der Waals surface area contributed by atoms with E-state index in [9.17, 15) is 19.6 Å². The molecule has 0 saturated heterocycles. The van der Waals surface area contributed by atoms with Crippen LogP contribution in [0.15, 0.2) is 24.3 Å². The maximum atomic E-state index is 14.8. The Morgan fingerprint density at radius 3 is 2.76 bits per heavy atom. The molecule has 1 fully saturated rings. The van der Waals surface area contributed by atoms with Crippen LogP contribution < -0.4 is 16.0 Å². The van der Waals surface area contributed by atoms with Crippen LogP contribution in [0.3, 0.4) is 0 Å². The second-order valence-electron chi connectivity index (χ2n) is 8.36. The molecule has 3 aromatic rings. The minimum atomic E-state index is -1.12. The Morgan fingerprint density at radius 1 is 1.36 bits per heavy atom. The first-order chi connectivity index (χ1) is 15.8.